The van der Waals surface area contributed by atoms with Crippen LogP contribution in [0.25, 0.3) is 17.1 Å². The lowest BCUT2D eigenvalue weighted by molar-refractivity contribution is -0.115. The van der Waals surface area contributed by atoms with Gasteiger partial charge in [-0.3, -0.25) is 9.36 Å². The van der Waals surface area contributed by atoms with Gasteiger partial charge < -0.3 is 10.1 Å². The largest absolute Gasteiger partial charge is 0.497 e. The summed E-state index contributed by atoms with van der Waals surface area (Å²) in [7, 11) is 1.64. The zero-order chi connectivity index (χ0) is 23.4. The lowest BCUT2D eigenvalue weighted by Gasteiger charge is -2.16. The Bertz CT molecular complexity index is 1230. The summed E-state index contributed by atoms with van der Waals surface area (Å²) in [5.74, 6) is 1.40. The van der Waals surface area contributed by atoms with Gasteiger partial charge in [0, 0.05) is 16.9 Å². The van der Waals surface area contributed by atoms with Crippen LogP contribution >= 0.6 is 11.8 Å². The summed E-state index contributed by atoms with van der Waals surface area (Å²) < 4.78 is 7.28. The predicted octanol–water partition coefficient (Wildman–Crippen LogP) is 5.68. The van der Waals surface area contributed by atoms with Gasteiger partial charge in [0.05, 0.1) is 12.4 Å². The number of hydrogen-bond acceptors (Lipinski definition) is 5. The maximum Gasteiger partial charge on any atom is 0.237 e. The molecule has 168 valence electrons. The van der Waals surface area contributed by atoms with Crippen LogP contribution < -0.4 is 10.1 Å². The monoisotopic (exact) mass is 458 g/mol. The third-order valence-electron chi connectivity index (χ3n) is 5.38. The Morgan fingerprint density at radius 2 is 1.61 bits per heavy atom. The van der Waals surface area contributed by atoms with Gasteiger partial charge in [0.2, 0.25) is 5.91 Å². The van der Waals surface area contributed by atoms with Crippen LogP contribution in [-0.4, -0.2) is 33.0 Å². The minimum absolute atomic E-state index is 0.0806. The fourth-order valence-corrected chi connectivity index (χ4v) is 4.40. The van der Waals surface area contributed by atoms with Gasteiger partial charge in [-0.15, -0.1) is 10.2 Å². The summed E-state index contributed by atoms with van der Waals surface area (Å²) >= 11 is 1.38. The minimum atomic E-state index is -0.381. The van der Waals surface area contributed by atoms with E-state index >= 15 is 0 Å². The van der Waals surface area contributed by atoms with Gasteiger partial charge in [0.15, 0.2) is 11.0 Å². The Balaban J connectivity index is 1.65. The van der Waals surface area contributed by atoms with Crippen LogP contribution in [0.4, 0.5) is 5.69 Å². The first-order valence-corrected chi connectivity index (χ1v) is 11.5. The topological polar surface area (TPSA) is 69.0 Å². The predicted molar refractivity (Wildman–Crippen MR) is 133 cm³/mol. The van der Waals surface area contributed by atoms with Crippen LogP contribution in [0.15, 0.2) is 78.0 Å². The first-order valence-electron chi connectivity index (χ1n) is 10.7. The molecule has 0 spiro atoms. The lowest BCUT2D eigenvalue weighted by Crippen LogP contribution is -2.23. The molecule has 6 nitrogen and oxygen atoms in total. The molecule has 0 radical (unpaired) electrons. The van der Waals surface area contributed by atoms with Crippen LogP contribution in [0.5, 0.6) is 5.75 Å². The lowest BCUT2D eigenvalue weighted by atomic mass is 10.1. The molecule has 7 heteroatoms. The zero-order valence-electron chi connectivity index (χ0n) is 19.1. The Hall–Kier alpha value is -3.58. The smallest absolute Gasteiger partial charge is 0.237 e. The Morgan fingerprint density at radius 3 is 2.24 bits per heavy atom. The zero-order valence-corrected chi connectivity index (χ0v) is 19.9. The van der Waals surface area contributed by atoms with E-state index in [1.807, 2.05) is 98.1 Å². The summed E-state index contributed by atoms with van der Waals surface area (Å²) in [6.07, 6.45) is 0. The number of ether oxygens (including phenoxy) is 1. The molecule has 0 unspecified atom stereocenters. The van der Waals surface area contributed by atoms with E-state index in [0.29, 0.717) is 11.0 Å². The van der Waals surface area contributed by atoms with Crippen molar-refractivity contribution in [2.45, 2.75) is 31.2 Å². The van der Waals surface area contributed by atoms with Crippen LogP contribution in [0.2, 0.25) is 0 Å². The SMILES string of the molecule is COc1ccc(-n2c(S[C@@H](C)C(=O)Nc3c(C)cccc3C)nnc2-c2ccccc2)cc1. The molecule has 0 saturated heterocycles. The van der Waals surface area contributed by atoms with Crippen molar-refractivity contribution in [3.63, 3.8) is 0 Å². The molecule has 1 atom stereocenters. The first-order chi connectivity index (χ1) is 16.0. The Labute approximate surface area is 198 Å². The first kappa shape index (κ1) is 22.6. The summed E-state index contributed by atoms with van der Waals surface area (Å²) in [5.41, 5.74) is 4.77. The maximum absolute atomic E-state index is 13.0. The van der Waals surface area contributed by atoms with Crippen LogP contribution in [0.1, 0.15) is 18.1 Å². The highest BCUT2D eigenvalue weighted by Crippen LogP contribution is 2.31. The van der Waals surface area contributed by atoms with Gasteiger partial charge in [-0.25, -0.2) is 0 Å². The number of nitrogens with one attached hydrogen (secondary N) is 1. The molecular formula is C26H26N4O2S. The Morgan fingerprint density at radius 1 is 0.939 bits per heavy atom. The molecule has 1 heterocycles. The highest BCUT2D eigenvalue weighted by atomic mass is 32.2. The number of para-hydroxylation sites is 1. The number of thioether (sulfide) groups is 1. The van der Waals surface area contributed by atoms with E-state index in [0.717, 1.165) is 33.8 Å². The van der Waals surface area contributed by atoms with Crippen molar-refractivity contribution in [2.75, 3.05) is 12.4 Å². The third-order valence-corrected chi connectivity index (χ3v) is 6.42. The quantitative estimate of drug-likeness (QED) is 0.361. The molecule has 0 bridgehead atoms. The third kappa shape index (κ3) is 4.93. The number of hydrogen-bond donors (Lipinski definition) is 1. The van der Waals surface area contributed by atoms with Crippen LogP contribution in [0, 0.1) is 13.8 Å². The number of benzene rings is 3. The summed E-state index contributed by atoms with van der Waals surface area (Å²) in [6, 6.07) is 23.6. The average molecular weight is 459 g/mol. The van der Waals surface area contributed by atoms with Crippen LogP contribution in [-0.2, 0) is 4.79 Å². The fourth-order valence-electron chi connectivity index (χ4n) is 3.53. The fraction of sp³-hybridized carbons (Fsp3) is 0.192. The highest BCUT2D eigenvalue weighted by molar-refractivity contribution is 8.00. The molecule has 1 N–H and O–H groups in total. The average Bonchev–Trinajstić information content (AvgIpc) is 3.25. The number of carbonyl (C=O) groups is 1. The van der Waals surface area contributed by atoms with Crippen molar-refractivity contribution >= 4 is 23.4 Å². The van der Waals surface area contributed by atoms with Gasteiger partial charge in [0.25, 0.3) is 0 Å². The van der Waals surface area contributed by atoms with Gasteiger partial charge >= 0.3 is 0 Å². The van der Waals surface area contributed by atoms with Crippen molar-refractivity contribution in [2.24, 2.45) is 0 Å². The van der Waals surface area contributed by atoms with Gasteiger partial charge in [-0.05, 0) is 56.2 Å². The summed E-state index contributed by atoms with van der Waals surface area (Å²) in [5, 5.41) is 12.2. The van der Waals surface area contributed by atoms with Crippen LogP contribution in [0.3, 0.4) is 0 Å². The molecule has 0 aliphatic rings. The van der Waals surface area contributed by atoms with Crippen molar-refractivity contribution < 1.29 is 9.53 Å². The number of aryl methyl sites for hydroxylation is 2. The van der Waals surface area contributed by atoms with E-state index < -0.39 is 0 Å². The Kier molecular flexibility index (Phi) is 6.79. The van der Waals surface area contributed by atoms with E-state index in [9.17, 15) is 4.79 Å². The standard InChI is InChI=1S/C26H26N4O2S/c1-17-9-8-10-18(2)23(17)27-25(31)19(3)33-26-29-28-24(20-11-6-5-7-12-20)30(26)21-13-15-22(32-4)16-14-21/h5-16,19H,1-4H3,(H,27,31)/t19-/m0/s1. The second kappa shape index (κ2) is 9.92. The number of amides is 1. The molecule has 33 heavy (non-hydrogen) atoms. The molecule has 4 rings (SSSR count). The van der Waals surface area contributed by atoms with E-state index in [4.69, 9.17) is 4.74 Å². The number of carbonyl (C=O) groups excluding carboxylic acids is 1. The van der Waals surface area contributed by atoms with Gasteiger partial charge in [-0.1, -0.05) is 60.3 Å². The number of nitrogens with zero attached hydrogens (tertiary/aromatic N) is 3. The van der Waals surface area contributed by atoms with E-state index in [2.05, 4.69) is 15.5 Å². The second-order valence-corrected chi connectivity index (χ2v) is 9.03. The van der Waals surface area contributed by atoms with E-state index in [-0.39, 0.29) is 11.2 Å². The second-order valence-electron chi connectivity index (χ2n) is 7.72. The molecule has 0 fully saturated rings. The number of rotatable bonds is 7. The number of methoxy groups -OCH3 is 1. The molecule has 1 amide bonds. The number of anilines is 1. The van der Waals surface area contributed by atoms with Crippen molar-refractivity contribution in [3.8, 4) is 22.8 Å². The van der Waals surface area contributed by atoms with Gasteiger partial charge in [-0.2, -0.15) is 0 Å². The van der Waals surface area contributed by atoms with Crippen molar-refractivity contribution in [1.82, 2.24) is 14.8 Å². The van der Waals surface area contributed by atoms with Crippen molar-refractivity contribution in [1.29, 1.82) is 0 Å². The molecule has 0 saturated carbocycles. The van der Waals surface area contributed by atoms with Gasteiger partial charge in [0.1, 0.15) is 5.75 Å². The normalized spacial score (nSPS) is 11.8. The summed E-state index contributed by atoms with van der Waals surface area (Å²) in [4.78, 5) is 13.0. The van der Waals surface area contributed by atoms with Crippen molar-refractivity contribution in [3.05, 3.63) is 83.9 Å². The summed E-state index contributed by atoms with van der Waals surface area (Å²) in [6.45, 7) is 5.86. The molecule has 4 aromatic rings. The molecule has 1 aromatic heterocycles. The maximum atomic E-state index is 13.0. The molecule has 0 aliphatic heterocycles. The molecular weight excluding hydrogens is 432 g/mol. The van der Waals surface area contributed by atoms with E-state index in [1.54, 1.807) is 7.11 Å². The molecule has 0 aliphatic carbocycles. The number of aromatic nitrogens is 3. The molecule has 3 aromatic carbocycles. The van der Waals surface area contributed by atoms with E-state index in [1.165, 1.54) is 11.8 Å². The minimum Gasteiger partial charge on any atom is -0.497 e. The highest BCUT2D eigenvalue weighted by Gasteiger charge is 2.22.